The molecule has 0 bridgehead atoms. The second-order valence-corrected chi connectivity index (χ2v) is 7.77. The van der Waals surface area contributed by atoms with E-state index in [-0.39, 0.29) is 11.8 Å². The first-order valence-corrected chi connectivity index (χ1v) is 10.5. The maximum absolute atomic E-state index is 12.9. The lowest BCUT2D eigenvalue weighted by Gasteiger charge is -2.15. The summed E-state index contributed by atoms with van der Waals surface area (Å²) >= 11 is 1.60. The maximum Gasteiger partial charge on any atom is 0.252 e. The summed E-state index contributed by atoms with van der Waals surface area (Å²) in [4.78, 5) is 32.2. The molecule has 1 fully saturated rings. The summed E-state index contributed by atoms with van der Waals surface area (Å²) in [6.45, 7) is 4.75. The van der Waals surface area contributed by atoms with Gasteiger partial charge in [-0.15, -0.1) is 11.3 Å². The van der Waals surface area contributed by atoms with Gasteiger partial charge in [-0.25, -0.2) is 9.67 Å². The molecule has 4 rings (SSSR count). The Kier molecular flexibility index (Phi) is 5.38. The summed E-state index contributed by atoms with van der Waals surface area (Å²) in [5, 5.41) is 10.1. The largest absolute Gasteiger partial charge is 0.352 e. The zero-order valence-electron chi connectivity index (χ0n) is 15.9. The molecule has 1 saturated heterocycles. The first kappa shape index (κ1) is 18.6. The molecule has 8 heteroatoms. The Morgan fingerprint density at radius 1 is 1.39 bits per heavy atom. The molecule has 3 aromatic rings. The number of hydrogen-bond acceptors (Lipinski definition) is 5. The fraction of sp³-hybridized carbons (Fsp3) is 0.400. The van der Waals surface area contributed by atoms with Crippen LogP contribution >= 0.6 is 11.3 Å². The molecule has 0 atom stereocenters. The van der Waals surface area contributed by atoms with Crippen LogP contribution in [0.5, 0.6) is 0 Å². The zero-order chi connectivity index (χ0) is 19.5. The fourth-order valence-electron chi connectivity index (χ4n) is 3.52. The normalized spacial score (nSPS) is 14.2. The molecule has 0 unspecified atom stereocenters. The Labute approximate surface area is 167 Å². The summed E-state index contributed by atoms with van der Waals surface area (Å²) < 4.78 is 1.81. The number of aromatic nitrogens is 3. The standard InChI is InChI=1S/C20H23N5O2S/c1-2-25-19-15(13-22-25)14(12-16(23-19)17-6-4-11-28-17)20(27)21-8-5-10-24-9-3-7-18(24)26/h4,6,11-13H,2-3,5,7-10H2,1H3,(H,21,27). The summed E-state index contributed by atoms with van der Waals surface area (Å²) in [5.74, 6) is 0.0864. The van der Waals surface area contributed by atoms with Crippen molar-refractivity contribution in [2.45, 2.75) is 32.7 Å². The molecule has 4 heterocycles. The van der Waals surface area contributed by atoms with Gasteiger partial charge in [-0.3, -0.25) is 9.59 Å². The van der Waals surface area contributed by atoms with E-state index in [1.54, 1.807) is 17.5 Å². The minimum Gasteiger partial charge on any atom is -0.352 e. The number of thiophene rings is 1. The van der Waals surface area contributed by atoms with Crippen LogP contribution < -0.4 is 5.32 Å². The molecule has 7 nitrogen and oxygen atoms in total. The monoisotopic (exact) mass is 397 g/mol. The van der Waals surface area contributed by atoms with E-state index >= 15 is 0 Å². The molecular weight excluding hydrogens is 374 g/mol. The van der Waals surface area contributed by atoms with Crippen LogP contribution in [-0.4, -0.2) is 51.1 Å². The van der Waals surface area contributed by atoms with Crippen LogP contribution in [0.3, 0.4) is 0 Å². The topological polar surface area (TPSA) is 80.1 Å². The number of carbonyl (C=O) groups is 2. The average Bonchev–Trinajstić information content (AvgIpc) is 3.45. The van der Waals surface area contributed by atoms with E-state index in [2.05, 4.69) is 10.4 Å². The molecule has 1 aliphatic heterocycles. The van der Waals surface area contributed by atoms with Crippen LogP contribution in [0.1, 0.15) is 36.5 Å². The number of likely N-dealkylation sites (tertiary alicyclic amines) is 1. The number of nitrogens with zero attached hydrogens (tertiary/aromatic N) is 4. The lowest BCUT2D eigenvalue weighted by molar-refractivity contribution is -0.127. The number of fused-ring (bicyclic) bond motifs is 1. The Hall–Kier alpha value is -2.74. The molecule has 0 saturated carbocycles. The Bertz CT molecular complexity index is 996. The first-order valence-electron chi connectivity index (χ1n) is 9.63. The predicted octanol–water partition coefficient (Wildman–Crippen LogP) is 2.92. The van der Waals surface area contributed by atoms with E-state index in [9.17, 15) is 9.59 Å². The zero-order valence-corrected chi connectivity index (χ0v) is 16.7. The smallest absolute Gasteiger partial charge is 0.252 e. The lowest BCUT2D eigenvalue weighted by Crippen LogP contribution is -2.30. The molecule has 1 aliphatic rings. The van der Waals surface area contributed by atoms with Gasteiger partial charge in [-0.05, 0) is 37.3 Å². The average molecular weight is 398 g/mol. The second kappa shape index (κ2) is 8.10. The van der Waals surface area contributed by atoms with Crippen molar-refractivity contribution in [3.63, 3.8) is 0 Å². The Balaban J connectivity index is 1.52. The predicted molar refractivity (Wildman–Crippen MR) is 109 cm³/mol. The third kappa shape index (κ3) is 3.64. The van der Waals surface area contributed by atoms with Crippen LogP contribution in [-0.2, 0) is 11.3 Å². The van der Waals surface area contributed by atoms with Crippen LogP contribution in [0.2, 0.25) is 0 Å². The van der Waals surface area contributed by atoms with Crippen molar-refractivity contribution in [3.05, 3.63) is 35.3 Å². The highest BCUT2D eigenvalue weighted by molar-refractivity contribution is 7.13. The number of carbonyl (C=O) groups excluding carboxylic acids is 2. The van der Waals surface area contributed by atoms with E-state index < -0.39 is 0 Å². The number of nitrogens with one attached hydrogen (secondary N) is 1. The lowest BCUT2D eigenvalue weighted by atomic mass is 10.1. The summed E-state index contributed by atoms with van der Waals surface area (Å²) in [6, 6.07) is 5.82. The molecular formula is C20H23N5O2S. The van der Waals surface area contributed by atoms with E-state index in [4.69, 9.17) is 4.98 Å². The maximum atomic E-state index is 12.9. The van der Waals surface area contributed by atoms with Crippen LogP contribution in [0.25, 0.3) is 21.6 Å². The first-order chi connectivity index (χ1) is 13.7. The van der Waals surface area contributed by atoms with Crippen molar-refractivity contribution < 1.29 is 9.59 Å². The summed E-state index contributed by atoms with van der Waals surface area (Å²) in [7, 11) is 0. The highest BCUT2D eigenvalue weighted by atomic mass is 32.1. The van der Waals surface area contributed by atoms with Crippen LogP contribution in [0.15, 0.2) is 29.8 Å². The molecule has 0 aromatic carbocycles. The fourth-order valence-corrected chi connectivity index (χ4v) is 4.21. The van der Waals surface area contributed by atoms with Gasteiger partial charge in [-0.1, -0.05) is 6.07 Å². The van der Waals surface area contributed by atoms with Gasteiger partial charge in [-0.2, -0.15) is 5.10 Å². The number of pyridine rings is 1. The quantitative estimate of drug-likeness (QED) is 0.622. The molecule has 1 N–H and O–H groups in total. The van der Waals surface area contributed by atoms with Crippen molar-refractivity contribution >= 4 is 34.2 Å². The Morgan fingerprint density at radius 2 is 2.29 bits per heavy atom. The molecule has 0 radical (unpaired) electrons. The van der Waals surface area contributed by atoms with Crippen molar-refractivity contribution in [2.24, 2.45) is 0 Å². The van der Waals surface area contributed by atoms with Crippen LogP contribution in [0.4, 0.5) is 0 Å². The third-order valence-corrected chi connectivity index (χ3v) is 5.88. The third-order valence-electron chi connectivity index (χ3n) is 4.99. The summed E-state index contributed by atoms with van der Waals surface area (Å²) in [6.07, 6.45) is 4.04. The minimum atomic E-state index is -0.131. The number of hydrogen-bond donors (Lipinski definition) is 1. The van der Waals surface area contributed by atoms with Crippen molar-refractivity contribution in [1.29, 1.82) is 0 Å². The van der Waals surface area contributed by atoms with Gasteiger partial charge < -0.3 is 10.2 Å². The molecule has 0 aliphatic carbocycles. The van der Waals surface area contributed by atoms with E-state index in [1.165, 1.54) is 0 Å². The van der Waals surface area contributed by atoms with Gasteiger partial charge >= 0.3 is 0 Å². The molecule has 3 aromatic heterocycles. The van der Waals surface area contributed by atoms with E-state index in [0.29, 0.717) is 31.6 Å². The van der Waals surface area contributed by atoms with Gasteiger partial charge in [0, 0.05) is 32.6 Å². The highest BCUT2D eigenvalue weighted by Gasteiger charge is 2.20. The van der Waals surface area contributed by atoms with E-state index in [0.717, 1.165) is 41.0 Å². The molecule has 28 heavy (non-hydrogen) atoms. The van der Waals surface area contributed by atoms with Crippen molar-refractivity contribution in [3.8, 4) is 10.6 Å². The van der Waals surface area contributed by atoms with Gasteiger partial charge in [0.25, 0.3) is 5.91 Å². The molecule has 0 spiro atoms. The SMILES string of the molecule is CCn1ncc2c(C(=O)NCCCN3CCCC3=O)cc(-c3cccs3)nc21. The van der Waals surface area contributed by atoms with Crippen LogP contribution in [0, 0.1) is 0 Å². The van der Waals surface area contributed by atoms with Gasteiger partial charge in [0.2, 0.25) is 5.91 Å². The summed E-state index contributed by atoms with van der Waals surface area (Å²) in [5.41, 5.74) is 2.09. The van der Waals surface area contributed by atoms with Crippen molar-refractivity contribution in [1.82, 2.24) is 25.0 Å². The number of aryl methyl sites for hydroxylation is 1. The van der Waals surface area contributed by atoms with Crippen molar-refractivity contribution in [2.75, 3.05) is 19.6 Å². The van der Waals surface area contributed by atoms with Gasteiger partial charge in [0.1, 0.15) is 0 Å². The highest BCUT2D eigenvalue weighted by Crippen LogP contribution is 2.28. The number of rotatable bonds is 7. The Morgan fingerprint density at radius 3 is 3.00 bits per heavy atom. The molecule has 2 amide bonds. The minimum absolute atomic E-state index is 0.131. The van der Waals surface area contributed by atoms with E-state index in [1.807, 2.05) is 40.1 Å². The number of amides is 2. The van der Waals surface area contributed by atoms with Gasteiger partial charge in [0.15, 0.2) is 5.65 Å². The second-order valence-electron chi connectivity index (χ2n) is 6.82. The van der Waals surface area contributed by atoms with Gasteiger partial charge in [0.05, 0.1) is 27.7 Å². The molecule has 146 valence electrons.